The highest BCUT2D eigenvalue weighted by Crippen LogP contribution is 2.29. The fraction of sp³-hybridized carbons (Fsp3) is 0.650. The van der Waals surface area contributed by atoms with Crippen molar-refractivity contribution >= 4 is 48.4 Å². The third kappa shape index (κ3) is 5.78. The van der Waals surface area contributed by atoms with Gasteiger partial charge in [0.1, 0.15) is 5.03 Å². The van der Waals surface area contributed by atoms with Crippen LogP contribution in [0.25, 0.3) is 0 Å². The standard InChI is InChI=1S/C20H28N4O2S.2ClH/c1-13(20(26)24-9-2-3-10-24)27-19-17(5-4-8-21-19)18(25)23-16-11-14-6-7-15(12-16)22-14;;/h4-5,8,13-16,22H,2-3,6-7,9-12H2,1H3,(H,23,25);2*1H. The molecule has 2 amide bonds. The lowest BCUT2D eigenvalue weighted by molar-refractivity contribution is -0.129. The lowest BCUT2D eigenvalue weighted by Crippen LogP contribution is -2.48. The summed E-state index contributed by atoms with van der Waals surface area (Å²) < 4.78 is 0. The summed E-state index contributed by atoms with van der Waals surface area (Å²) >= 11 is 1.39. The maximum Gasteiger partial charge on any atom is 0.254 e. The zero-order valence-corrected chi connectivity index (χ0v) is 19.1. The molecule has 3 aliphatic rings. The molecular formula is C20H30Cl2N4O2S. The van der Waals surface area contributed by atoms with Gasteiger partial charge in [-0.05, 0) is 57.6 Å². The van der Waals surface area contributed by atoms with Crippen molar-refractivity contribution in [2.24, 2.45) is 0 Å². The van der Waals surface area contributed by atoms with Crippen LogP contribution in [0.3, 0.4) is 0 Å². The number of nitrogens with one attached hydrogen (secondary N) is 2. The molecule has 2 bridgehead atoms. The maximum atomic E-state index is 12.9. The van der Waals surface area contributed by atoms with E-state index in [-0.39, 0.29) is 47.9 Å². The van der Waals surface area contributed by atoms with Crippen LogP contribution in [0.2, 0.25) is 0 Å². The number of amides is 2. The van der Waals surface area contributed by atoms with Gasteiger partial charge >= 0.3 is 0 Å². The lowest BCUT2D eigenvalue weighted by Gasteiger charge is -2.29. The van der Waals surface area contributed by atoms with Gasteiger partial charge in [0, 0.05) is 37.4 Å². The van der Waals surface area contributed by atoms with E-state index in [2.05, 4.69) is 15.6 Å². The number of pyridine rings is 1. The molecule has 0 aliphatic carbocycles. The number of halogens is 2. The molecule has 1 aromatic rings. The molecule has 4 rings (SSSR count). The summed E-state index contributed by atoms with van der Waals surface area (Å²) in [5.74, 6) is 0.0714. The number of aromatic nitrogens is 1. The topological polar surface area (TPSA) is 74.3 Å². The van der Waals surface area contributed by atoms with Crippen LogP contribution in [0.15, 0.2) is 23.4 Å². The molecule has 3 unspecified atom stereocenters. The molecule has 9 heteroatoms. The molecule has 1 aromatic heterocycles. The van der Waals surface area contributed by atoms with Crippen molar-refractivity contribution < 1.29 is 9.59 Å². The minimum absolute atomic E-state index is 0. The summed E-state index contributed by atoms with van der Waals surface area (Å²) in [6.07, 6.45) is 8.26. The number of carbonyl (C=O) groups is 2. The van der Waals surface area contributed by atoms with Gasteiger partial charge in [-0.2, -0.15) is 0 Å². The van der Waals surface area contributed by atoms with Crippen molar-refractivity contribution in [3.05, 3.63) is 23.9 Å². The number of thioether (sulfide) groups is 1. The summed E-state index contributed by atoms with van der Waals surface area (Å²) in [6, 6.07) is 4.90. The van der Waals surface area contributed by atoms with Crippen LogP contribution in [0.5, 0.6) is 0 Å². The van der Waals surface area contributed by atoms with Crippen LogP contribution in [0.4, 0.5) is 0 Å². The number of hydrogen-bond acceptors (Lipinski definition) is 5. The molecule has 3 atom stereocenters. The molecule has 0 spiro atoms. The first kappa shape index (κ1) is 24.3. The molecule has 4 heterocycles. The SMILES string of the molecule is CC(Sc1ncccc1C(=O)NC1CC2CCC(C1)N2)C(=O)N1CCCC1.Cl.Cl. The number of fused-ring (bicyclic) bond motifs is 2. The number of nitrogens with zero attached hydrogens (tertiary/aromatic N) is 2. The molecule has 2 N–H and O–H groups in total. The molecule has 0 saturated carbocycles. The van der Waals surface area contributed by atoms with Crippen molar-refractivity contribution in [3.8, 4) is 0 Å². The normalized spacial score (nSPS) is 26.2. The summed E-state index contributed by atoms with van der Waals surface area (Å²) in [7, 11) is 0. The zero-order chi connectivity index (χ0) is 18.8. The molecule has 3 fully saturated rings. The Morgan fingerprint density at radius 3 is 2.52 bits per heavy atom. The van der Waals surface area contributed by atoms with E-state index in [1.54, 1.807) is 12.3 Å². The highest BCUT2D eigenvalue weighted by atomic mass is 35.5. The van der Waals surface area contributed by atoms with E-state index in [4.69, 9.17) is 0 Å². The van der Waals surface area contributed by atoms with Gasteiger partial charge in [0.05, 0.1) is 10.8 Å². The highest BCUT2D eigenvalue weighted by molar-refractivity contribution is 8.00. The Balaban J connectivity index is 0.00000150. The van der Waals surface area contributed by atoms with E-state index >= 15 is 0 Å². The average Bonchev–Trinajstić information content (AvgIpc) is 3.31. The lowest BCUT2D eigenvalue weighted by atomic mass is 9.99. The Hall–Kier alpha value is -1.02. The predicted octanol–water partition coefficient (Wildman–Crippen LogP) is 3.04. The molecule has 29 heavy (non-hydrogen) atoms. The smallest absolute Gasteiger partial charge is 0.254 e. The Kier molecular flexibility index (Phi) is 9.07. The molecule has 3 saturated heterocycles. The van der Waals surface area contributed by atoms with Crippen LogP contribution in [-0.4, -0.2) is 58.2 Å². The van der Waals surface area contributed by atoms with Crippen LogP contribution in [0, 0.1) is 0 Å². The predicted molar refractivity (Wildman–Crippen MR) is 120 cm³/mol. The number of hydrogen-bond donors (Lipinski definition) is 2. The van der Waals surface area contributed by atoms with Crippen molar-refractivity contribution in [2.45, 2.75) is 73.9 Å². The maximum absolute atomic E-state index is 12.9. The molecule has 0 aromatic carbocycles. The number of rotatable bonds is 5. The monoisotopic (exact) mass is 460 g/mol. The number of piperidine rings is 1. The Labute approximate surface area is 189 Å². The summed E-state index contributed by atoms with van der Waals surface area (Å²) in [4.78, 5) is 31.8. The average molecular weight is 461 g/mol. The molecule has 0 radical (unpaired) electrons. The summed E-state index contributed by atoms with van der Waals surface area (Å²) in [6.45, 7) is 3.60. The van der Waals surface area contributed by atoms with Crippen molar-refractivity contribution in [3.63, 3.8) is 0 Å². The molecule has 162 valence electrons. The third-order valence-corrected chi connectivity index (χ3v) is 6.98. The van der Waals surface area contributed by atoms with Crippen molar-refractivity contribution in [1.82, 2.24) is 20.5 Å². The molecule has 3 aliphatic heterocycles. The minimum Gasteiger partial charge on any atom is -0.349 e. The number of likely N-dealkylation sites (tertiary alicyclic amines) is 1. The molecule has 6 nitrogen and oxygen atoms in total. The van der Waals surface area contributed by atoms with Gasteiger partial charge < -0.3 is 15.5 Å². The summed E-state index contributed by atoms with van der Waals surface area (Å²) in [5, 5.41) is 7.21. The van der Waals surface area contributed by atoms with Gasteiger partial charge in [0.2, 0.25) is 5.91 Å². The second-order valence-corrected chi connectivity index (χ2v) is 9.26. The number of carbonyl (C=O) groups excluding carboxylic acids is 2. The molecular weight excluding hydrogens is 431 g/mol. The Morgan fingerprint density at radius 2 is 1.86 bits per heavy atom. The van der Waals surface area contributed by atoms with E-state index in [0.29, 0.717) is 22.7 Å². The zero-order valence-electron chi connectivity index (χ0n) is 16.6. The van der Waals surface area contributed by atoms with Crippen molar-refractivity contribution in [2.75, 3.05) is 13.1 Å². The first-order chi connectivity index (χ1) is 13.1. The quantitative estimate of drug-likeness (QED) is 0.660. The Morgan fingerprint density at radius 1 is 1.21 bits per heavy atom. The van der Waals surface area contributed by atoms with E-state index in [1.165, 1.54) is 24.6 Å². The second kappa shape index (κ2) is 10.8. The Bertz CT molecular complexity index is 705. The van der Waals surface area contributed by atoms with Gasteiger partial charge in [-0.15, -0.1) is 24.8 Å². The van der Waals surface area contributed by atoms with Gasteiger partial charge in [-0.25, -0.2) is 4.98 Å². The van der Waals surface area contributed by atoms with Crippen molar-refractivity contribution in [1.29, 1.82) is 0 Å². The second-order valence-electron chi connectivity index (χ2n) is 7.93. The van der Waals surface area contributed by atoms with Crippen LogP contribution >= 0.6 is 36.6 Å². The fourth-order valence-corrected chi connectivity index (χ4v) is 5.50. The van der Waals surface area contributed by atoms with Crippen LogP contribution in [-0.2, 0) is 4.79 Å². The first-order valence-corrected chi connectivity index (χ1v) is 11.0. The fourth-order valence-electron chi connectivity index (χ4n) is 4.51. The van der Waals surface area contributed by atoms with Gasteiger partial charge in [0.15, 0.2) is 0 Å². The first-order valence-electron chi connectivity index (χ1n) is 10.1. The van der Waals surface area contributed by atoms with Crippen LogP contribution in [0.1, 0.15) is 55.8 Å². The minimum atomic E-state index is -0.237. The third-order valence-electron chi connectivity index (χ3n) is 5.88. The van der Waals surface area contributed by atoms with Gasteiger partial charge in [-0.1, -0.05) is 11.8 Å². The van der Waals surface area contributed by atoms with Crippen LogP contribution < -0.4 is 10.6 Å². The van der Waals surface area contributed by atoms with E-state index in [0.717, 1.165) is 38.8 Å². The largest absolute Gasteiger partial charge is 0.349 e. The highest BCUT2D eigenvalue weighted by Gasteiger charge is 2.34. The van der Waals surface area contributed by atoms with Gasteiger partial charge in [-0.3, -0.25) is 9.59 Å². The van der Waals surface area contributed by atoms with E-state index in [9.17, 15) is 9.59 Å². The summed E-state index contributed by atoms with van der Waals surface area (Å²) in [5.41, 5.74) is 0.578. The van der Waals surface area contributed by atoms with Gasteiger partial charge in [0.25, 0.3) is 5.91 Å². The van der Waals surface area contributed by atoms with E-state index < -0.39 is 0 Å². The van der Waals surface area contributed by atoms with E-state index in [1.807, 2.05) is 17.9 Å².